The number of aryl methyl sites for hydroxylation is 1. The summed E-state index contributed by atoms with van der Waals surface area (Å²) >= 11 is 1.49. The van der Waals surface area contributed by atoms with Gasteiger partial charge in [-0.1, -0.05) is 30.0 Å². The first kappa shape index (κ1) is 23.9. The fourth-order valence-electron chi connectivity index (χ4n) is 4.50. The van der Waals surface area contributed by atoms with Crippen molar-refractivity contribution in [2.45, 2.75) is 38.4 Å². The van der Waals surface area contributed by atoms with Gasteiger partial charge in [-0.25, -0.2) is 9.97 Å². The number of morpholine rings is 1. The average molecular weight is 469 g/mol. The Bertz CT molecular complexity index is 1120. The molecule has 1 aromatic carbocycles. The first-order valence-corrected chi connectivity index (χ1v) is 12.4. The van der Waals surface area contributed by atoms with Crippen LogP contribution < -0.4 is 0 Å². The zero-order valence-electron chi connectivity index (χ0n) is 19.8. The molecule has 3 aromatic rings. The zero-order valence-corrected chi connectivity index (χ0v) is 20.7. The van der Waals surface area contributed by atoms with Crippen LogP contribution in [0.4, 0.5) is 0 Å². The Morgan fingerprint density at radius 3 is 2.73 bits per heavy atom. The van der Waals surface area contributed by atoms with Gasteiger partial charge in [0.2, 0.25) is 0 Å². The van der Waals surface area contributed by atoms with Crippen molar-refractivity contribution in [3.05, 3.63) is 53.1 Å². The van der Waals surface area contributed by atoms with Gasteiger partial charge < -0.3 is 14.0 Å². The van der Waals surface area contributed by atoms with E-state index in [9.17, 15) is 4.79 Å². The molecule has 1 saturated heterocycles. The maximum Gasteiger partial charge on any atom is 0.174 e. The summed E-state index contributed by atoms with van der Waals surface area (Å²) in [4.78, 5) is 25.1. The number of Topliss-reactive ketones (excluding diaryl/α,β-unsaturated/α-hetero) is 1. The normalized spacial score (nSPS) is 15.8. The summed E-state index contributed by atoms with van der Waals surface area (Å²) in [6.07, 6.45) is 0. The number of carbonyl (C=O) groups is 1. The van der Waals surface area contributed by atoms with Crippen molar-refractivity contribution in [3.8, 4) is 0 Å². The van der Waals surface area contributed by atoms with Crippen LogP contribution in [0.2, 0.25) is 0 Å². The smallest absolute Gasteiger partial charge is 0.174 e. The number of fused-ring (bicyclic) bond motifs is 1. The van der Waals surface area contributed by atoms with E-state index in [1.54, 1.807) is 7.11 Å². The molecular formula is C25H32N4O3S. The molecule has 0 bridgehead atoms. The summed E-state index contributed by atoms with van der Waals surface area (Å²) in [6.45, 7) is 10.7. The molecule has 33 heavy (non-hydrogen) atoms. The molecule has 4 rings (SSSR count). The van der Waals surface area contributed by atoms with Crippen LogP contribution >= 0.6 is 11.8 Å². The summed E-state index contributed by atoms with van der Waals surface area (Å²) < 4.78 is 13.0. The number of methoxy groups -OCH3 is 1. The summed E-state index contributed by atoms with van der Waals surface area (Å²) in [7, 11) is 1.70. The Kier molecular flexibility index (Phi) is 7.80. The Hall–Kier alpha value is -2.26. The Labute approximate surface area is 199 Å². The topological polar surface area (TPSA) is 69.5 Å². The lowest BCUT2D eigenvalue weighted by Gasteiger charge is -2.25. The first-order valence-electron chi connectivity index (χ1n) is 11.4. The van der Waals surface area contributed by atoms with Crippen LogP contribution in [0.1, 0.15) is 40.5 Å². The third kappa shape index (κ3) is 5.46. The average Bonchev–Trinajstić information content (AvgIpc) is 3.12. The number of thioether (sulfide) groups is 1. The second-order valence-electron chi connectivity index (χ2n) is 8.52. The highest BCUT2D eigenvalue weighted by atomic mass is 32.2. The van der Waals surface area contributed by atoms with Crippen LogP contribution in [0, 0.1) is 13.8 Å². The fraction of sp³-hybridized carbons (Fsp3) is 0.480. The SMILES string of the molecule is COCC(C)n1c(C)cc(C(=O)CSc2nc(CN3CCOCC3)nc3ccccc23)c1C. The summed E-state index contributed by atoms with van der Waals surface area (Å²) in [6, 6.07) is 10.2. The molecule has 1 aliphatic rings. The second kappa shape index (κ2) is 10.8. The van der Waals surface area contributed by atoms with Crippen molar-refractivity contribution in [1.82, 2.24) is 19.4 Å². The van der Waals surface area contributed by atoms with Crippen LogP contribution in [0.5, 0.6) is 0 Å². The van der Waals surface area contributed by atoms with E-state index in [-0.39, 0.29) is 11.8 Å². The minimum absolute atomic E-state index is 0.112. The van der Waals surface area contributed by atoms with Crippen molar-refractivity contribution >= 4 is 28.4 Å². The van der Waals surface area contributed by atoms with E-state index in [0.717, 1.165) is 65.0 Å². The monoisotopic (exact) mass is 468 g/mol. The molecule has 1 atom stereocenters. The van der Waals surface area contributed by atoms with Crippen LogP contribution in [0.25, 0.3) is 10.9 Å². The maximum atomic E-state index is 13.2. The minimum Gasteiger partial charge on any atom is -0.383 e. The van der Waals surface area contributed by atoms with Gasteiger partial charge in [0, 0.05) is 42.5 Å². The van der Waals surface area contributed by atoms with E-state index < -0.39 is 0 Å². The molecule has 0 N–H and O–H groups in total. The molecule has 1 unspecified atom stereocenters. The van der Waals surface area contributed by atoms with Gasteiger partial charge in [-0.15, -0.1) is 0 Å². The lowest BCUT2D eigenvalue weighted by molar-refractivity contribution is 0.0330. The third-order valence-corrected chi connectivity index (χ3v) is 7.05. The first-order chi connectivity index (χ1) is 16.0. The van der Waals surface area contributed by atoms with Crippen molar-refractivity contribution in [2.75, 3.05) is 45.8 Å². The van der Waals surface area contributed by atoms with Crippen molar-refractivity contribution < 1.29 is 14.3 Å². The van der Waals surface area contributed by atoms with Gasteiger partial charge >= 0.3 is 0 Å². The van der Waals surface area contributed by atoms with Crippen LogP contribution in [-0.2, 0) is 16.0 Å². The largest absolute Gasteiger partial charge is 0.383 e. The van der Waals surface area contributed by atoms with Gasteiger partial charge in [-0.05, 0) is 32.9 Å². The Morgan fingerprint density at radius 1 is 1.21 bits per heavy atom. The number of ketones is 1. The quantitative estimate of drug-likeness (QED) is 0.266. The number of nitrogens with zero attached hydrogens (tertiary/aromatic N) is 4. The van der Waals surface area contributed by atoms with Crippen LogP contribution in [-0.4, -0.2) is 71.0 Å². The van der Waals surface area contributed by atoms with Gasteiger partial charge in [0.25, 0.3) is 0 Å². The van der Waals surface area contributed by atoms with E-state index in [2.05, 4.69) is 16.4 Å². The van der Waals surface area contributed by atoms with E-state index in [0.29, 0.717) is 18.9 Å². The van der Waals surface area contributed by atoms with Gasteiger partial charge in [0.05, 0.1) is 43.7 Å². The number of aromatic nitrogens is 3. The summed E-state index contributed by atoms with van der Waals surface area (Å²) in [5.41, 5.74) is 3.75. The van der Waals surface area contributed by atoms with Gasteiger partial charge in [0.15, 0.2) is 5.78 Å². The van der Waals surface area contributed by atoms with Gasteiger partial charge in [0.1, 0.15) is 10.9 Å². The van der Waals surface area contributed by atoms with Gasteiger partial charge in [-0.3, -0.25) is 9.69 Å². The summed E-state index contributed by atoms with van der Waals surface area (Å²) in [5.74, 6) is 1.24. The molecule has 8 heteroatoms. The number of hydrogen-bond acceptors (Lipinski definition) is 7. The highest BCUT2D eigenvalue weighted by Crippen LogP contribution is 2.28. The highest BCUT2D eigenvalue weighted by molar-refractivity contribution is 8.00. The molecule has 7 nitrogen and oxygen atoms in total. The predicted molar refractivity (Wildman–Crippen MR) is 131 cm³/mol. The lowest BCUT2D eigenvalue weighted by Crippen LogP contribution is -2.36. The lowest BCUT2D eigenvalue weighted by atomic mass is 10.2. The zero-order chi connectivity index (χ0) is 23.4. The van der Waals surface area contributed by atoms with Crippen LogP contribution in [0.15, 0.2) is 35.4 Å². The maximum absolute atomic E-state index is 13.2. The number of rotatable bonds is 9. The van der Waals surface area contributed by atoms with Crippen molar-refractivity contribution in [1.29, 1.82) is 0 Å². The van der Waals surface area contributed by atoms with E-state index >= 15 is 0 Å². The molecule has 1 fully saturated rings. The number of carbonyl (C=O) groups excluding carboxylic acids is 1. The minimum atomic E-state index is 0.112. The Morgan fingerprint density at radius 2 is 1.97 bits per heavy atom. The molecule has 176 valence electrons. The molecule has 0 aliphatic carbocycles. The van der Waals surface area contributed by atoms with Crippen molar-refractivity contribution in [2.24, 2.45) is 0 Å². The molecule has 2 aromatic heterocycles. The van der Waals surface area contributed by atoms with Crippen LogP contribution in [0.3, 0.4) is 0 Å². The van der Waals surface area contributed by atoms with Crippen molar-refractivity contribution in [3.63, 3.8) is 0 Å². The van der Waals surface area contributed by atoms with E-state index in [1.165, 1.54) is 11.8 Å². The molecular weight excluding hydrogens is 436 g/mol. The molecule has 0 radical (unpaired) electrons. The third-order valence-electron chi connectivity index (χ3n) is 6.06. The Balaban J connectivity index is 1.54. The molecule has 0 spiro atoms. The number of benzene rings is 1. The predicted octanol–water partition coefficient (Wildman–Crippen LogP) is 4.06. The molecule has 3 heterocycles. The molecule has 0 amide bonds. The second-order valence-corrected chi connectivity index (χ2v) is 9.49. The van der Waals surface area contributed by atoms with E-state index in [4.69, 9.17) is 19.4 Å². The fourth-order valence-corrected chi connectivity index (χ4v) is 5.42. The highest BCUT2D eigenvalue weighted by Gasteiger charge is 2.20. The van der Waals surface area contributed by atoms with E-state index in [1.807, 2.05) is 44.2 Å². The number of ether oxygens (including phenoxy) is 2. The number of para-hydroxylation sites is 1. The molecule has 0 saturated carbocycles. The molecule has 1 aliphatic heterocycles. The van der Waals surface area contributed by atoms with Gasteiger partial charge in [-0.2, -0.15) is 0 Å². The standard InChI is InChI=1S/C25H32N4O3S/c1-17-13-21(19(3)29(17)18(2)15-31-4)23(30)16-33-25-20-7-5-6-8-22(20)26-24(27-25)14-28-9-11-32-12-10-28/h5-8,13,18H,9-12,14-16H2,1-4H3. The number of hydrogen-bond donors (Lipinski definition) is 0. The summed E-state index contributed by atoms with van der Waals surface area (Å²) in [5, 5.41) is 1.85.